The number of carbonyl (C=O) groups is 2. The van der Waals surface area contributed by atoms with Gasteiger partial charge in [0.05, 0.1) is 6.61 Å². The minimum atomic E-state index is -0.670. The first kappa shape index (κ1) is 28.2. The molecule has 0 heterocycles. The van der Waals surface area contributed by atoms with Gasteiger partial charge in [-0.2, -0.15) is 0 Å². The second kappa shape index (κ2) is 23.0. The molecule has 0 aromatic rings. The van der Waals surface area contributed by atoms with Crippen molar-refractivity contribution in [1.82, 2.24) is 0 Å². The van der Waals surface area contributed by atoms with Crippen molar-refractivity contribution in [1.29, 1.82) is 0 Å². The summed E-state index contributed by atoms with van der Waals surface area (Å²) in [6.07, 6.45) is 16.2. The molecule has 0 aromatic carbocycles. The predicted molar refractivity (Wildman–Crippen MR) is 114 cm³/mol. The minimum Gasteiger partial charge on any atom is -0.481 e. The van der Waals surface area contributed by atoms with E-state index in [-0.39, 0.29) is 5.97 Å². The molecule has 0 aromatic heterocycles. The first-order valence-corrected chi connectivity index (χ1v) is 11.3. The van der Waals surface area contributed by atoms with Crippen molar-refractivity contribution in [3.05, 3.63) is 0 Å². The Morgan fingerprint density at radius 1 is 0.741 bits per heavy atom. The summed E-state index contributed by atoms with van der Waals surface area (Å²) >= 11 is 0. The summed E-state index contributed by atoms with van der Waals surface area (Å²) in [5, 5.41) is 8.27. The van der Waals surface area contributed by atoms with Gasteiger partial charge in [0.2, 0.25) is 0 Å². The maximum absolute atomic E-state index is 11.3. The molecular formula is C23H46O4. The molecule has 0 rings (SSSR count). The van der Waals surface area contributed by atoms with Crippen molar-refractivity contribution in [3.63, 3.8) is 0 Å². The van der Waals surface area contributed by atoms with E-state index in [0.29, 0.717) is 25.4 Å². The minimum absolute atomic E-state index is 0.0146. The van der Waals surface area contributed by atoms with E-state index in [1.165, 1.54) is 57.8 Å². The van der Waals surface area contributed by atoms with Gasteiger partial charge < -0.3 is 9.84 Å². The zero-order valence-corrected chi connectivity index (χ0v) is 18.6. The van der Waals surface area contributed by atoms with Crippen molar-refractivity contribution in [3.8, 4) is 0 Å². The van der Waals surface area contributed by atoms with Gasteiger partial charge in [0.15, 0.2) is 0 Å². The van der Waals surface area contributed by atoms with Gasteiger partial charge >= 0.3 is 11.9 Å². The number of esters is 1. The third kappa shape index (κ3) is 29.9. The standard InChI is InChI=1S/C15H30O2.C8H16O2/c1-4-5-6-7-8-9-10-11-15(16)17-13-12-14(2)3;1-2-3-4-5-6-7-8(9)10/h14H,4-13H2,1-3H3;2-7H2,1H3,(H,9,10). The van der Waals surface area contributed by atoms with E-state index in [4.69, 9.17) is 9.84 Å². The van der Waals surface area contributed by atoms with E-state index >= 15 is 0 Å². The average Bonchev–Trinajstić information content (AvgIpc) is 2.61. The van der Waals surface area contributed by atoms with Crippen LogP contribution in [0.2, 0.25) is 0 Å². The van der Waals surface area contributed by atoms with Crippen LogP contribution in [0.5, 0.6) is 0 Å². The molecule has 4 nitrogen and oxygen atoms in total. The number of carboxylic acid groups (broad SMARTS) is 1. The molecule has 0 atom stereocenters. The Hall–Kier alpha value is -1.06. The zero-order valence-electron chi connectivity index (χ0n) is 18.6. The molecule has 0 aliphatic carbocycles. The van der Waals surface area contributed by atoms with Gasteiger partial charge in [-0.3, -0.25) is 9.59 Å². The van der Waals surface area contributed by atoms with Crippen LogP contribution in [-0.2, 0) is 14.3 Å². The van der Waals surface area contributed by atoms with E-state index in [0.717, 1.165) is 25.7 Å². The van der Waals surface area contributed by atoms with Gasteiger partial charge in [-0.25, -0.2) is 0 Å². The van der Waals surface area contributed by atoms with Gasteiger partial charge in [-0.05, 0) is 25.2 Å². The fraction of sp³-hybridized carbons (Fsp3) is 0.913. The summed E-state index contributed by atoms with van der Waals surface area (Å²) in [7, 11) is 0. The number of aliphatic carboxylic acids is 1. The van der Waals surface area contributed by atoms with Crippen LogP contribution in [0.1, 0.15) is 124 Å². The van der Waals surface area contributed by atoms with Crippen LogP contribution in [0.15, 0.2) is 0 Å². The number of ether oxygens (including phenoxy) is 1. The summed E-state index contributed by atoms with van der Waals surface area (Å²) in [6.45, 7) is 9.26. The highest BCUT2D eigenvalue weighted by Gasteiger charge is 2.03. The van der Waals surface area contributed by atoms with E-state index in [2.05, 4.69) is 27.7 Å². The molecule has 0 amide bonds. The summed E-state index contributed by atoms with van der Waals surface area (Å²) in [4.78, 5) is 21.4. The molecule has 0 unspecified atom stereocenters. The van der Waals surface area contributed by atoms with Crippen LogP contribution < -0.4 is 0 Å². The molecular weight excluding hydrogens is 340 g/mol. The van der Waals surface area contributed by atoms with Crippen LogP contribution in [-0.4, -0.2) is 23.7 Å². The molecule has 0 radical (unpaired) electrons. The van der Waals surface area contributed by atoms with Crippen LogP contribution in [0, 0.1) is 5.92 Å². The lowest BCUT2D eigenvalue weighted by molar-refractivity contribution is -0.144. The Labute approximate surface area is 168 Å². The van der Waals surface area contributed by atoms with Crippen molar-refractivity contribution in [2.45, 2.75) is 124 Å². The fourth-order valence-corrected chi connectivity index (χ4v) is 2.59. The second-order valence-electron chi connectivity index (χ2n) is 7.83. The third-order valence-corrected chi connectivity index (χ3v) is 4.44. The fourth-order valence-electron chi connectivity index (χ4n) is 2.59. The topological polar surface area (TPSA) is 63.6 Å². The van der Waals surface area contributed by atoms with E-state index < -0.39 is 5.97 Å². The highest BCUT2D eigenvalue weighted by atomic mass is 16.5. The number of carboxylic acids is 1. The lowest BCUT2D eigenvalue weighted by Crippen LogP contribution is -2.07. The largest absolute Gasteiger partial charge is 0.481 e. The number of carbonyl (C=O) groups excluding carboxylic acids is 1. The first-order chi connectivity index (χ1) is 12.9. The molecule has 0 spiro atoms. The lowest BCUT2D eigenvalue weighted by Gasteiger charge is -2.06. The van der Waals surface area contributed by atoms with Gasteiger partial charge in [0.1, 0.15) is 0 Å². The quantitative estimate of drug-likeness (QED) is 0.213. The average molecular weight is 387 g/mol. The summed E-state index contributed by atoms with van der Waals surface area (Å²) < 4.78 is 5.16. The Kier molecular flexibility index (Phi) is 24.0. The summed E-state index contributed by atoms with van der Waals surface area (Å²) in [6, 6.07) is 0. The normalized spacial score (nSPS) is 10.4. The molecule has 162 valence electrons. The Bertz CT molecular complexity index is 326. The van der Waals surface area contributed by atoms with E-state index in [1.54, 1.807) is 0 Å². The van der Waals surface area contributed by atoms with Crippen molar-refractivity contribution in [2.75, 3.05) is 6.61 Å². The van der Waals surface area contributed by atoms with Crippen LogP contribution >= 0.6 is 0 Å². The van der Waals surface area contributed by atoms with Crippen LogP contribution in [0.3, 0.4) is 0 Å². The Morgan fingerprint density at radius 2 is 1.19 bits per heavy atom. The number of rotatable bonds is 17. The first-order valence-electron chi connectivity index (χ1n) is 11.3. The maximum Gasteiger partial charge on any atom is 0.305 e. The molecule has 1 N–H and O–H groups in total. The molecule has 4 heteroatoms. The molecule has 0 saturated carbocycles. The predicted octanol–water partition coefficient (Wildman–Crippen LogP) is 7.15. The molecule has 0 saturated heterocycles. The van der Waals surface area contributed by atoms with Crippen molar-refractivity contribution < 1.29 is 19.4 Å². The van der Waals surface area contributed by atoms with E-state index in [9.17, 15) is 9.59 Å². The van der Waals surface area contributed by atoms with Crippen molar-refractivity contribution in [2.24, 2.45) is 5.92 Å². The second-order valence-corrected chi connectivity index (χ2v) is 7.83. The third-order valence-electron chi connectivity index (χ3n) is 4.44. The van der Waals surface area contributed by atoms with Gasteiger partial charge in [-0.15, -0.1) is 0 Å². The Balaban J connectivity index is 0. The number of hydrogen-bond acceptors (Lipinski definition) is 3. The van der Waals surface area contributed by atoms with Crippen LogP contribution in [0.4, 0.5) is 0 Å². The van der Waals surface area contributed by atoms with Crippen LogP contribution in [0.25, 0.3) is 0 Å². The van der Waals surface area contributed by atoms with Gasteiger partial charge in [0, 0.05) is 12.8 Å². The van der Waals surface area contributed by atoms with E-state index in [1.807, 2.05) is 0 Å². The monoisotopic (exact) mass is 386 g/mol. The SMILES string of the molecule is CCCCCCCC(=O)O.CCCCCCCCCC(=O)OCCC(C)C. The smallest absolute Gasteiger partial charge is 0.305 e. The molecule has 0 aliphatic heterocycles. The number of unbranched alkanes of at least 4 members (excludes halogenated alkanes) is 10. The highest BCUT2D eigenvalue weighted by Crippen LogP contribution is 2.09. The molecule has 0 aliphatic rings. The van der Waals surface area contributed by atoms with Gasteiger partial charge in [0.25, 0.3) is 0 Å². The lowest BCUT2D eigenvalue weighted by atomic mass is 10.1. The zero-order chi connectivity index (χ0) is 20.8. The van der Waals surface area contributed by atoms with Crippen molar-refractivity contribution >= 4 is 11.9 Å². The number of hydrogen-bond donors (Lipinski definition) is 1. The Morgan fingerprint density at radius 3 is 1.63 bits per heavy atom. The maximum atomic E-state index is 11.3. The highest BCUT2D eigenvalue weighted by molar-refractivity contribution is 5.69. The van der Waals surface area contributed by atoms with Gasteiger partial charge in [-0.1, -0.05) is 91.9 Å². The molecule has 0 fully saturated rings. The summed E-state index contributed by atoms with van der Waals surface area (Å²) in [5.41, 5.74) is 0. The summed E-state index contributed by atoms with van der Waals surface area (Å²) in [5.74, 6) is -0.0722. The molecule has 0 bridgehead atoms. The molecule has 27 heavy (non-hydrogen) atoms.